The summed E-state index contributed by atoms with van der Waals surface area (Å²) in [7, 11) is 0. The molecule has 1 unspecified atom stereocenters. The molecule has 1 fully saturated rings. The number of benzene rings is 1. The first-order chi connectivity index (χ1) is 10.4. The van der Waals surface area contributed by atoms with Gasteiger partial charge in [-0.1, -0.05) is 6.07 Å². The number of fused-ring (bicyclic) bond motifs is 1. The van der Waals surface area contributed by atoms with Crippen LogP contribution in [0.25, 0.3) is 0 Å². The standard InChI is InChI=1S/C17H20N2O3/c1-17(16(18)22)7-8-19(10-17)15(21)12-5-6-13-11(9-12)3-2-4-14(13)20/h5-6,9H,2-4,7-8,10H2,1H3,(H2,18,22). The van der Waals surface area contributed by atoms with Crippen LogP contribution in [-0.2, 0) is 11.2 Å². The second kappa shape index (κ2) is 5.23. The van der Waals surface area contributed by atoms with Gasteiger partial charge in [-0.05, 0) is 43.9 Å². The number of Topliss-reactive ketones (excluding diaryl/α,β-unsaturated/α-hetero) is 1. The third kappa shape index (κ3) is 2.40. The molecule has 2 amide bonds. The molecule has 2 N–H and O–H groups in total. The van der Waals surface area contributed by atoms with Crippen LogP contribution in [0.2, 0.25) is 0 Å². The van der Waals surface area contributed by atoms with Gasteiger partial charge in [0.1, 0.15) is 0 Å². The Morgan fingerprint density at radius 3 is 2.73 bits per heavy atom. The number of carbonyl (C=O) groups excluding carboxylic acids is 3. The molecule has 1 aromatic rings. The first kappa shape index (κ1) is 14.8. The van der Waals surface area contributed by atoms with E-state index >= 15 is 0 Å². The molecule has 1 heterocycles. The fourth-order valence-corrected chi connectivity index (χ4v) is 3.30. The van der Waals surface area contributed by atoms with Gasteiger partial charge in [0, 0.05) is 30.6 Å². The van der Waals surface area contributed by atoms with Crippen molar-refractivity contribution in [1.29, 1.82) is 0 Å². The highest BCUT2D eigenvalue weighted by molar-refractivity contribution is 6.01. The van der Waals surface area contributed by atoms with Crippen LogP contribution in [-0.4, -0.2) is 35.6 Å². The summed E-state index contributed by atoms with van der Waals surface area (Å²) >= 11 is 0. The summed E-state index contributed by atoms with van der Waals surface area (Å²) < 4.78 is 0. The molecular formula is C17H20N2O3. The second-order valence-electron chi connectivity index (χ2n) is 6.55. The number of rotatable bonds is 2. The lowest BCUT2D eigenvalue weighted by Crippen LogP contribution is -2.38. The van der Waals surface area contributed by atoms with Crippen molar-refractivity contribution < 1.29 is 14.4 Å². The minimum atomic E-state index is -0.639. The zero-order chi connectivity index (χ0) is 15.9. The zero-order valence-corrected chi connectivity index (χ0v) is 12.7. The number of likely N-dealkylation sites (tertiary alicyclic amines) is 1. The summed E-state index contributed by atoms with van der Waals surface area (Å²) in [4.78, 5) is 37.6. The predicted molar refractivity (Wildman–Crippen MR) is 81.5 cm³/mol. The predicted octanol–water partition coefficient (Wildman–Crippen LogP) is 1.54. The molecule has 0 spiro atoms. The zero-order valence-electron chi connectivity index (χ0n) is 12.7. The highest BCUT2D eigenvalue weighted by Gasteiger charge is 2.40. The highest BCUT2D eigenvalue weighted by atomic mass is 16.2. The van der Waals surface area contributed by atoms with Gasteiger partial charge >= 0.3 is 0 Å². The fourth-order valence-electron chi connectivity index (χ4n) is 3.30. The van der Waals surface area contributed by atoms with Crippen molar-refractivity contribution in [2.45, 2.75) is 32.6 Å². The van der Waals surface area contributed by atoms with E-state index in [0.29, 0.717) is 31.5 Å². The Morgan fingerprint density at radius 1 is 1.27 bits per heavy atom. The van der Waals surface area contributed by atoms with Gasteiger partial charge < -0.3 is 10.6 Å². The number of amides is 2. The molecule has 1 aliphatic carbocycles. The summed E-state index contributed by atoms with van der Waals surface area (Å²) in [5.41, 5.74) is 7.07. The Morgan fingerprint density at radius 2 is 2.05 bits per heavy atom. The molecule has 22 heavy (non-hydrogen) atoms. The van der Waals surface area contributed by atoms with E-state index in [1.807, 2.05) is 6.07 Å². The van der Waals surface area contributed by atoms with Gasteiger partial charge in [-0.25, -0.2) is 0 Å². The van der Waals surface area contributed by atoms with Gasteiger partial charge in [-0.2, -0.15) is 0 Å². The van der Waals surface area contributed by atoms with E-state index in [4.69, 9.17) is 5.73 Å². The Bertz CT molecular complexity index is 668. The minimum Gasteiger partial charge on any atom is -0.369 e. The Labute approximate surface area is 129 Å². The van der Waals surface area contributed by atoms with Gasteiger partial charge in [0.15, 0.2) is 5.78 Å². The second-order valence-corrected chi connectivity index (χ2v) is 6.55. The lowest BCUT2D eigenvalue weighted by Gasteiger charge is -2.22. The Balaban J connectivity index is 1.82. The monoisotopic (exact) mass is 300 g/mol. The SMILES string of the molecule is CC1(C(N)=O)CCN(C(=O)c2ccc3c(c2)CCCC3=O)C1. The maximum Gasteiger partial charge on any atom is 0.253 e. The molecule has 5 nitrogen and oxygen atoms in total. The molecule has 0 aromatic heterocycles. The van der Waals surface area contributed by atoms with Gasteiger partial charge in [0.25, 0.3) is 5.91 Å². The molecule has 116 valence electrons. The highest BCUT2D eigenvalue weighted by Crippen LogP contribution is 2.31. The van der Waals surface area contributed by atoms with E-state index in [-0.39, 0.29) is 17.6 Å². The van der Waals surface area contributed by atoms with Crippen molar-refractivity contribution in [1.82, 2.24) is 4.90 Å². The molecule has 0 saturated carbocycles. The quantitative estimate of drug-likeness (QED) is 0.899. The lowest BCUT2D eigenvalue weighted by molar-refractivity contribution is -0.126. The van der Waals surface area contributed by atoms with E-state index in [1.54, 1.807) is 24.0 Å². The number of carbonyl (C=O) groups is 3. The smallest absolute Gasteiger partial charge is 0.253 e. The third-order valence-electron chi connectivity index (χ3n) is 4.86. The van der Waals surface area contributed by atoms with E-state index < -0.39 is 5.41 Å². The normalized spacial score (nSPS) is 24.2. The van der Waals surface area contributed by atoms with Crippen LogP contribution in [0.3, 0.4) is 0 Å². The average Bonchev–Trinajstić information content (AvgIpc) is 2.90. The van der Waals surface area contributed by atoms with Crippen LogP contribution in [0.15, 0.2) is 18.2 Å². The maximum atomic E-state index is 12.6. The number of hydrogen-bond acceptors (Lipinski definition) is 3. The average molecular weight is 300 g/mol. The van der Waals surface area contributed by atoms with E-state index in [1.165, 1.54) is 0 Å². The van der Waals surface area contributed by atoms with E-state index in [2.05, 4.69) is 0 Å². The van der Waals surface area contributed by atoms with Crippen LogP contribution in [0.1, 0.15) is 52.5 Å². The number of nitrogens with two attached hydrogens (primary N) is 1. The van der Waals surface area contributed by atoms with E-state index in [9.17, 15) is 14.4 Å². The molecule has 3 rings (SSSR count). The van der Waals surface area contributed by atoms with Gasteiger partial charge in [-0.3, -0.25) is 14.4 Å². The van der Waals surface area contributed by atoms with Crippen LogP contribution >= 0.6 is 0 Å². The van der Waals surface area contributed by atoms with Crippen molar-refractivity contribution in [2.75, 3.05) is 13.1 Å². The topological polar surface area (TPSA) is 80.5 Å². The Hall–Kier alpha value is -2.17. The molecule has 2 aliphatic rings. The van der Waals surface area contributed by atoms with Crippen LogP contribution in [0.5, 0.6) is 0 Å². The fraction of sp³-hybridized carbons (Fsp3) is 0.471. The largest absolute Gasteiger partial charge is 0.369 e. The van der Waals surface area contributed by atoms with Gasteiger partial charge in [0.05, 0.1) is 5.41 Å². The van der Waals surface area contributed by atoms with Gasteiger partial charge in [0.2, 0.25) is 5.91 Å². The lowest BCUT2D eigenvalue weighted by atomic mass is 9.89. The first-order valence-electron chi connectivity index (χ1n) is 7.66. The summed E-state index contributed by atoms with van der Waals surface area (Å²) in [6, 6.07) is 5.30. The molecule has 0 bridgehead atoms. The first-order valence-corrected chi connectivity index (χ1v) is 7.66. The molecule has 5 heteroatoms. The van der Waals surface area contributed by atoms with Crippen molar-refractivity contribution in [3.63, 3.8) is 0 Å². The Kier molecular flexibility index (Phi) is 3.51. The number of aryl methyl sites for hydroxylation is 1. The van der Waals surface area contributed by atoms with Crippen LogP contribution in [0, 0.1) is 5.41 Å². The molecule has 1 aromatic carbocycles. The molecule has 1 saturated heterocycles. The summed E-state index contributed by atoms with van der Waals surface area (Å²) in [6.45, 7) is 2.69. The molecule has 1 atom stereocenters. The van der Waals surface area contributed by atoms with Crippen molar-refractivity contribution >= 4 is 17.6 Å². The maximum absolute atomic E-state index is 12.6. The van der Waals surface area contributed by atoms with Crippen LogP contribution in [0.4, 0.5) is 0 Å². The number of nitrogens with zero attached hydrogens (tertiary/aromatic N) is 1. The van der Waals surface area contributed by atoms with Crippen molar-refractivity contribution in [2.24, 2.45) is 11.1 Å². The van der Waals surface area contributed by atoms with Crippen molar-refractivity contribution in [3.05, 3.63) is 34.9 Å². The van der Waals surface area contributed by atoms with Crippen LogP contribution < -0.4 is 5.73 Å². The summed E-state index contributed by atoms with van der Waals surface area (Å²) in [5.74, 6) is -0.299. The number of ketones is 1. The third-order valence-corrected chi connectivity index (χ3v) is 4.86. The number of primary amides is 1. The minimum absolute atomic E-state index is 0.0919. The molecular weight excluding hydrogens is 280 g/mol. The molecule has 1 aliphatic heterocycles. The van der Waals surface area contributed by atoms with E-state index in [0.717, 1.165) is 24.0 Å². The summed E-state index contributed by atoms with van der Waals surface area (Å²) in [6.07, 6.45) is 2.86. The number of hydrogen-bond donors (Lipinski definition) is 1. The van der Waals surface area contributed by atoms with Gasteiger partial charge in [-0.15, -0.1) is 0 Å². The summed E-state index contributed by atoms with van der Waals surface area (Å²) in [5, 5.41) is 0. The van der Waals surface area contributed by atoms with Crippen molar-refractivity contribution in [3.8, 4) is 0 Å². The molecule has 0 radical (unpaired) electrons.